The fourth-order valence-corrected chi connectivity index (χ4v) is 4.03. The van der Waals surface area contributed by atoms with Gasteiger partial charge < -0.3 is 9.33 Å². The van der Waals surface area contributed by atoms with Gasteiger partial charge in [-0.15, -0.1) is 0 Å². The van der Waals surface area contributed by atoms with E-state index in [-0.39, 0.29) is 18.5 Å². The SMILES string of the molecule is C[Si](C)(C)OC[C@H]1CCCC[C@@H]1N(CC#N)C(=O)c1ccccc1. The van der Waals surface area contributed by atoms with Gasteiger partial charge in [-0.2, -0.15) is 5.26 Å². The van der Waals surface area contributed by atoms with Crippen molar-refractivity contribution in [1.82, 2.24) is 4.90 Å². The lowest BCUT2D eigenvalue weighted by atomic mass is 9.83. The van der Waals surface area contributed by atoms with Crippen molar-refractivity contribution in [2.75, 3.05) is 13.2 Å². The molecule has 4 nitrogen and oxygen atoms in total. The van der Waals surface area contributed by atoms with Gasteiger partial charge in [-0.1, -0.05) is 31.0 Å². The molecular formula is C19H28N2O2Si. The van der Waals surface area contributed by atoms with Gasteiger partial charge in [-0.05, 0) is 44.6 Å². The second-order valence-corrected chi connectivity index (χ2v) is 12.0. The minimum Gasteiger partial charge on any atom is -0.417 e. The van der Waals surface area contributed by atoms with Crippen LogP contribution >= 0.6 is 0 Å². The summed E-state index contributed by atoms with van der Waals surface area (Å²) in [6.07, 6.45) is 4.31. The lowest BCUT2D eigenvalue weighted by Crippen LogP contribution is -2.48. The molecule has 0 saturated heterocycles. The molecule has 1 aromatic rings. The molecule has 1 aromatic carbocycles. The quantitative estimate of drug-likeness (QED) is 0.577. The molecule has 1 amide bonds. The zero-order valence-electron chi connectivity index (χ0n) is 15.0. The molecule has 0 bridgehead atoms. The Balaban J connectivity index is 2.17. The molecule has 0 unspecified atom stereocenters. The summed E-state index contributed by atoms with van der Waals surface area (Å²) in [7, 11) is -1.58. The van der Waals surface area contributed by atoms with E-state index in [1.807, 2.05) is 30.3 Å². The predicted octanol–water partition coefficient (Wildman–Crippen LogP) is 4.06. The molecule has 0 N–H and O–H groups in total. The van der Waals surface area contributed by atoms with E-state index < -0.39 is 8.32 Å². The highest BCUT2D eigenvalue weighted by molar-refractivity contribution is 6.69. The van der Waals surface area contributed by atoms with Crippen molar-refractivity contribution in [3.63, 3.8) is 0 Å². The molecule has 0 aliphatic heterocycles. The van der Waals surface area contributed by atoms with Crippen LogP contribution in [-0.2, 0) is 4.43 Å². The summed E-state index contributed by atoms with van der Waals surface area (Å²) in [6, 6.07) is 11.6. The Labute approximate surface area is 146 Å². The van der Waals surface area contributed by atoms with Crippen molar-refractivity contribution in [2.24, 2.45) is 5.92 Å². The van der Waals surface area contributed by atoms with Crippen LogP contribution in [-0.4, -0.2) is 38.3 Å². The lowest BCUT2D eigenvalue weighted by molar-refractivity contribution is 0.0493. The summed E-state index contributed by atoms with van der Waals surface area (Å²) in [4.78, 5) is 14.7. The largest absolute Gasteiger partial charge is 0.417 e. The normalized spacial score (nSPS) is 21.1. The van der Waals surface area contributed by atoms with Crippen LogP contribution in [0.2, 0.25) is 19.6 Å². The highest BCUT2D eigenvalue weighted by atomic mass is 28.4. The minimum atomic E-state index is -1.58. The van der Waals surface area contributed by atoms with Crippen molar-refractivity contribution < 1.29 is 9.22 Å². The maximum Gasteiger partial charge on any atom is 0.254 e. The van der Waals surface area contributed by atoms with Gasteiger partial charge in [0.2, 0.25) is 0 Å². The van der Waals surface area contributed by atoms with E-state index in [4.69, 9.17) is 4.43 Å². The van der Waals surface area contributed by atoms with Gasteiger partial charge in [0.25, 0.3) is 5.91 Å². The Morgan fingerprint density at radius 2 is 1.92 bits per heavy atom. The summed E-state index contributed by atoms with van der Waals surface area (Å²) in [5.74, 6) is 0.286. The van der Waals surface area contributed by atoms with Crippen LogP contribution in [0.25, 0.3) is 0 Å². The van der Waals surface area contributed by atoms with E-state index in [1.165, 1.54) is 6.42 Å². The third kappa shape index (κ3) is 5.18. The molecule has 1 saturated carbocycles. The van der Waals surface area contributed by atoms with Crippen LogP contribution < -0.4 is 0 Å². The van der Waals surface area contributed by atoms with E-state index in [0.29, 0.717) is 18.1 Å². The standard InChI is InChI=1S/C19H28N2O2Si/c1-24(2,3)23-15-17-11-7-8-12-18(17)21(14-13-20)19(22)16-9-5-4-6-10-16/h4-6,9-10,17-18H,7-8,11-12,14-15H2,1-3H3/t17-,18+/m1/s1. The molecule has 1 aliphatic rings. The monoisotopic (exact) mass is 344 g/mol. The summed E-state index contributed by atoms with van der Waals surface area (Å²) in [6.45, 7) is 7.40. The third-order valence-corrected chi connectivity index (χ3v) is 5.56. The molecular weight excluding hydrogens is 316 g/mol. The first kappa shape index (κ1) is 18.7. The molecule has 2 atom stereocenters. The number of nitriles is 1. The van der Waals surface area contributed by atoms with E-state index in [0.717, 1.165) is 19.3 Å². The number of rotatable bonds is 6. The van der Waals surface area contributed by atoms with Gasteiger partial charge in [0.1, 0.15) is 6.54 Å². The maximum absolute atomic E-state index is 12.9. The van der Waals surface area contributed by atoms with E-state index in [2.05, 4.69) is 25.7 Å². The van der Waals surface area contributed by atoms with Crippen LogP contribution in [0.15, 0.2) is 30.3 Å². The lowest BCUT2D eigenvalue weighted by Gasteiger charge is -2.39. The second kappa shape index (κ2) is 8.45. The van der Waals surface area contributed by atoms with Crippen LogP contribution in [0, 0.1) is 17.2 Å². The van der Waals surface area contributed by atoms with Gasteiger partial charge in [-0.25, -0.2) is 0 Å². The average molecular weight is 345 g/mol. The van der Waals surface area contributed by atoms with E-state index in [9.17, 15) is 10.1 Å². The molecule has 24 heavy (non-hydrogen) atoms. The van der Waals surface area contributed by atoms with Crippen molar-refractivity contribution in [2.45, 2.75) is 51.4 Å². The fraction of sp³-hybridized carbons (Fsp3) is 0.579. The Hall–Kier alpha value is -1.64. The van der Waals surface area contributed by atoms with Crippen molar-refractivity contribution in [1.29, 1.82) is 5.26 Å². The minimum absolute atomic E-state index is 0.0398. The van der Waals surface area contributed by atoms with Crippen LogP contribution in [0.4, 0.5) is 0 Å². The number of carbonyl (C=O) groups is 1. The zero-order chi connectivity index (χ0) is 17.6. The van der Waals surface area contributed by atoms with Gasteiger partial charge in [0.15, 0.2) is 8.32 Å². The maximum atomic E-state index is 12.9. The molecule has 130 valence electrons. The summed E-state index contributed by atoms with van der Waals surface area (Å²) in [5, 5.41) is 9.24. The van der Waals surface area contributed by atoms with E-state index in [1.54, 1.807) is 4.90 Å². The topological polar surface area (TPSA) is 53.3 Å². The molecule has 0 aromatic heterocycles. The number of carbonyl (C=O) groups excluding carboxylic acids is 1. The molecule has 5 heteroatoms. The summed E-state index contributed by atoms with van der Waals surface area (Å²) >= 11 is 0. The predicted molar refractivity (Wildman–Crippen MR) is 98.1 cm³/mol. The Bertz CT molecular complexity index is 577. The van der Waals surface area contributed by atoms with Gasteiger partial charge >= 0.3 is 0 Å². The van der Waals surface area contributed by atoms with Crippen molar-refractivity contribution in [3.05, 3.63) is 35.9 Å². The first-order valence-corrected chi connectivity index (χ1v) is 12.2. The third-order valence-electron chi connectivity index (χ3n) is 4.52. The number of benzene rings is 1. The Morgan fingerprint density at radius 1 is 1.25 bits per heavy atom. The molecule has 0 heterocycles. The molecule has 0 spiro atoms. The average Bonchev–Trinajstić information content (AvgIpc) is 2.58. The van der Waals surface area contributed by atoms with Gasteiger partial charge in [-0.3, -0.25) is 4.79 Å². The first-order valence-electron chi connectivity index (χ1n) is 8.79. The molecule has 0 radical (unpaired) electrons. The Kier molecular flexibility index (Phi) is 6.58. The fourth-order valence-electron chi connectivity index (χ4n) is 3.31. The van der Waals surface area contributed by atoms with Crippen molar-refractivity contribution in [3.8, 4) is 6.07 Å². The highest BCUT2D eigenvalue weighted by Gasteiger charge is 2.34. The van der Waals surface area contributed by atoms with Gasteiger partial charge in [0, 0.05) is 24.1 Å². The van der Waals surface area contributed by atoms with Gasteiger partial charge in [0.05, 0.1) is 6.07 Å². The zero-order valence-corrected chi connectivity index (χ0v) is 16.0. The molecule has 1 aliphatic carbocycles. The van der Waals surface area contributed by atoms with Crippen molar-refractivity contribution >= 4 is 14.2 Å². The summed E-state index contributed by atoms with van der Waals surface area (Å²) in [5.41, 5.74) is 0.656. The van der Waals surface area contributed by atoms with Crippen LogP contribution in [0.1, 0.15) is 36.0 Å². The Morgan fingerprint density at radius 3 is 2.54 bits per heavy atom. The number of hydrogen-bond acceptors (Lipinski definition) is 3. The number of hydrogen-bond donors (Lipinski definition) is 0. The van der Waals surface area contributed by atoms with Crippen LogP contribution in [0.3, 0.4) is 0 Å². The molecule has 1 fully saturated rings. The second-order valence-electron chi connectivity index (χ2n) is 7.49. The van der Waals surface area contributed by atoms with Crippen LogP contribution in [0.5, 0.6) is 0 Å². The summed E-state index contributed by atoms with van der Waals surface area (Å²) < 4.78 is 6.13. The molecule has 2 rings (SSSR count). The number of nitrogens with zero attached hydrogens (tertiary/aromatic N) is 2. The smallest absolute Gasteiger partial charge is 0.254 e. The highest BCUT2D eigenvalue weighted by Crippen LogP contribution is 2.30. The first-order chi connectivity index (χ1) is 11.4. The number of amides is 1. The van der Waals surface area contributed by atoms with E-state index >= 15 is 0 Å².